The van der Waals surface area contributed by atoms with Crippen LogP contribution in [0.3, 0.4) is 0 Å². The number of sulfone groups is 1. The summed E-state index contributed by atoms with van der Waals surface area (Å²) >= 11 is 0. The van der Waals surface area contributed by atoms with E-state index in [4.69, 9.17) is 19.7 Å². The summed E-state index contributed by atoms with van der Waals surface area (Å²) in [6, 6.07) is 13.0. The van der Waals surface area contributed by atoms with Crippen molar-refractivity contribution in [3.63, 3.8) is 0 Å². The van der Waals surface area contributed by atoms with E-state index in [1.54, 1.807) is 36.4 Å². The third kappa shape index (κ3) is 5.95. The maximum atomic E-state index is 13.2. The van der Waals surface area contributed by atoms with Gasteiger partial charge in [-0.2, -0.15) is 0 Å². The molecule has 27 heavy (non-hydrogen) atoms. The Kier molecular flexibility index (Phi) is 8.57. The Hall–Kier alpha value is -2.09. The first kappa shape index (κ1) is 21.2. The summed E-state index contributed by atoms with van der Waals surface area (Å²) < 4.78 is 37.7. The minimum atomic E-state index is -3.83. The largest absolute Gasteiger partial charge is 0.492 e. The van der Waals surface area contributed by atoms with Crippen LogP contribution in [0.4, 0.5) is 0 Å². The zero-order chi connectivity index (χ0) is 19.5. The molecule has 0 atom stereocenters. The van der Waals surface area contributed by atoms with Gasteiger partial charge >= 0.3 is 0 Å². The van der Waals surface area contributed by atoms with Crippen LogP contribution in [0.2, 0.25) is 0 Å². The summed E-state index contributed by atoms with van der Waals surface area (Å²) in [6.45, 7) is 0.799. The Morgan fingerprint density at radius 2 is 1.07 bits per heavy atom. The molecule has 0 bridgehead atoms. The average Bonchev–Trinajstić information content (AvgIpc) is 2.69. The van der Waals surface area contributed by atoms with Crippen LogP contribution >= 0.6 is 0 Å². The Morgan fingerprint density at radius 3 is 1.48 bits per heavy atom. The van der Waals surface area contributed by atoms with Crippen LogP contribution in [-0.2, 0) is 9.84 Å². The zero-order valence-corrected chi connectivity index (χ0v) is 16.0. The van der Waals surface area contributed by atoms with E-state index in [-0.39, 0.29) is 34.5 Å². The molecule has 0 aromatic heterocycles. The highest BCUT2D eigenvalue weighted by Gasteiger charge is 2.25. The van der Waals surface area contributed by atoms with Gasteiger partial charge in [-0.05, 0) is 49.9 Å². The molecule has 0 amide bonds. The molecule has 6 nitrogen and oxygen atoms in total. The van der Waals surface area contributed by atoms with Crippen molar-refractivity contribution in [2.45, 2.75) is 35.5 Å². The molecule has 0 aliphatic rings. The first-order valence-corrected chi connectivity index (χ1v) is 10.5. The van der Waals surface area contributed by atoms with E-state index >= 15 is 0 Å². The highest BCUT2D eigenvalue weighted by Crippen LogP contribution is 2.34. The SMILES string of the molecule is O=S(=O)(c1ccccc1OCCCCO)c1ccccc1OCCCCO. The van der Waals surface area contributed by atoms with Crippen LogP contribution < -0.4 is 9.47 Å². The predicted octanol–water partition coefficient (Wildman–Crippen LogP) is 2.82. The molecule has 2 aromatic carbocycles. The van der Waals surface area contributed by atoms with Crippen LogP contribution in [-0.4, -0.2) is 45.1 Å². The van der Waals surface area contributed by atoms with Crippen LogP contribution in [0.15, 0.2) is 58.3 Å². The number of unbranched alkanes of at least 4 members (excludes halogenated alkanes) is 2. The zero-order valence-electron chi connectivity index (χ0n) is 15.2. The van der Waals surface area contributed by atoms with Crippen molar-refractivity contribution in [3.8, 4) is 11.5 Å². The van der Waals surface area contributed by atoms with Crippen molar-refractivity contribution in [2.75, 3.05) is 26.4 Å². The molecule has 0 spiro atoms. The molecule has 0 heterocycles. The van der Waals surface area contributed by atoms with Crippen molar-refractivity contribution in [3.05, 3.63) is 48.5 Å². The van der Waals surface area contributed by atoms with E-state index in [9.17, 15) is 8.42 Å². The highest BCUT2D eigenvalue weighted by molar-refractivity contribution is 7.91. The van der Waals surface area contributed by atoms with Gasteiger partial charge in [-0.15, -0.1) is 0 Å². The molecule has 0 unspecified atom stereocenters. The van der Waals surface area contributed by atoms with Crippen molar-refractivity contribution >= 4 is 9.84 Å². The molecule has 0 saturated carbocycles. The summed E-state index contributed by atoms with van der Waals surface area (Å²) in [5.74, 6) is 0.566. The Bertz CT molecular complexity index is 742. The van der Waals surface area contributed by atoms with Gasteiger partial charge in [0.15, 0.2) is 0 Å². The lowest BCUT2D eigenvalue weighted by Crippen LogP contribution is -2.09. The number of aliphatic hydroxyl groups excluding tert-OH is 2. The van der Waals surface area contributed by atoms with E-state index < -0.39 is 9.84 Å². The minimum Gasteiger partial charge on any atom is -0.492 e. The lowest BCUT2D eigenvalue weighted by atomic mass is 10.3. The van der Waals surface area contributed by atoms with E-state index in [0.717, 1.165) is 0 Å². The van der Waals surface area contributed by atoms with Gasteiger partial charge < -0.3 is 19.7 Å². The highest BCUT2D eigenvalue weighted by atomic mass is 32.2. The molecule has 0 aliphatic heterocycles. The lowest BCUT2D eigenvalue weighted by molar-refractivity contribution is 0.249. The van der Waals surface area contributed by atoms with Gasteiger partial charge in [0.25, 0.3) is 0 Å². The molecule has 0 fully saturated rings. The van der Waals surface area contributed by atoms with Gasteiger partial charge in [0.05, 0.1) is 13.2 Å². The molecule has 2 rings (SSSR count). The van der Waals surface area contributed by atoms with Gasteiger partial charge in [-0.1, -0.05) is 24.3 Å². The fraction of sp³-hybridized carbons (Fsp3) is 0.400. The molecular formula is C20H26O6S. The first-order chi connectivity index (χ1) is 13.1. The molecule has 148 valence electrons. The number of ether oxygens (including phenoxy) is 2. The Morgan fingerprint density at radius 1 is 0.667 bits per heavy atom. The smallest absolute Gasteiger partial charge is 0.213 e. The number of para-hydroxylation sites is 2. The monoisotopic (exact) mass is 394 g/mol. The van der Waals surface area contributed by atoms with E-state index in [0.29, 0.717) is 38.9 Å². The molecule has 0 radical (unpaired) electrons. The van der Waals surface area contributed by atoms with Crippen molar-refractivity contribution in [1.82, 2.24) is 0 Å². The number of hydrogen-bond donors (Lipinski definition) is 2. The van der Waals surface area contributed by atoms with Gasteiger partial charge in [-0.3, -0.25) is 0 Å². The van der Waals surface area contributed by atoms with Gasteiger partial charge in [0.2, 0.25) is 9.84 Å². The van der Waals surface area contributed by atoms with Crippen molar-refractivity contribution < 1.29 is 28.1 Å². The van der Waals surface area contributed by atoms with Crippen LogP contribution in [0.25, 0.3) is 0 Å². The normalized spacial score (nSPS) is 11.3. The molecule has 7 heteroatoms. The Balaban J connectivity index is 2.26. The molecule has 2 aromatic rings. The summed E-state index contributed by atoms with van der Waals surface area (Å²) in [7, 11) is -3.83. The molecule has 0 aliphatic carbocycles. The standard InChI is InChI=1S/C20H26O6S/c21-13-5-7-15-25-17-9-1-3-11-19(17)27(23,24)20-12-4-2-10-18(20)26-16-8-6-14-22/h1-4,9-12,21-22H,5-8,13-16H2. The maximum absolute atomic E-state index is 13.2. The topological polar surface area (TPSA) is 93.1 Å². The summed E-state index contributed by atoms with van der Waals surface area (Å²) in [4.78, 5) is 0.167. The maximum Gasteiger partial charge on any atom is 0.213 e. The summed E-state index contributed by atoms with van der Waals surface area (Å²) in [5, 5.41) is 17.7. The number of aliphatic hydroxyl groups is 2. The quantitative estimate of drug-likeness (QED) is 0.538. The first-order valence-electron chi connectivity index (χ1n) is 9.01. The van der Waals surface area contributed by atoms with Gasteiger partial charge in [0.1, 0.15) is 21.3 Å². The fourth-order valence-electron chi connectivity index (χ4n) is 2.49. The second kappa shape index (κ2) is 10.9. The summed E-state index contributed by atoms with van der Waals surface area (Å²) in [6.07, 6.45) is 2.46. The number of hydrogen-bond acceptors (Lipinski definition) is 6. The molecular weight excluding hydrogens is 368 g/mol. The third-order valence-electron chi connectivity index (χ3n) is 3.90. The third-order valence-corrected chi connectivity index (χ3v) is 5.73. The predicted molar refractivity (Wildman–Crippen MR) is 102 cm³/mol. The van der Waals surface area contributed by atoms with Crippen LogP contribution in [0.1, 0.15) is 25.7 Å². The second-order valence-corrected chi connectivity index (χ2v) is 7.84. The summed E-state index contributed by atoms with van der Waals surface area (Å²) in [5.41, 5.74) is 0. The van der Waals surface area contributed by atoms with Crippen LogP contribution in [0.5, 0.6) is 11.5 Å². The average molecular weight is 394 g/mol. The van der Waals surface area contributed by atoms with Gasteiger partial charge in [-0.25, -0.2) is 8.42 Å². The van der Waals surface area contributed by atoms with Crippen molar-refractivity contribution in [1.29, 1.82) is 0 Å². The minimum absolute atomic E-state index is 0.0737. The fourth-order valence-corrected chi connectivity index (χ4v) is 4.03. The number of benzene rings is 2. The lowest BCUT2D eigenvalue weighted by Gasteiger charge is -2.15. The Labute approximate surface area is 160 Å². The molecule has 2 N–H and O–H groups in total. The van der Waals surface area contributed by atoms with Gasteiger partial charge in [0, 0.05) is 13.2 Å². The van der Waals surface area contributed by atoms with E-state index in [1.807, 2.05) is 0 Å². The van der Waals surface area contributed by atoms with E-state index in [1.165, 1.54) is 12.1 Å². The molecule has 0 saturated heterocycles. The second-order valence-electron chi connectivity index (χ2n) is 5.96. The van der Waals surface area contributed by atoms with Crippen molar-refractivity contribution in [2.24, 2.45) is 0 Å². The van der Waals surface area contributed by atoms with E-state index in [2.05, 4.69) is 0 Å². The number of rotatable bonds is 12. The van der Waals surface area contributed by atoms with Crippen LogP contribution in [0, 0.1) is 0 Å².